The summed E-state index contributed by atoms with van der Waals surface area (Å²) in [5, 5.41) is 0.691. The summed E-state index contributed by atoms with van der Waals surface area (Å²) in [6.45, 7) is -1.75. The summed E-state index contributed by atoms with van der Waals surface area (Å²) in [5.41, 5.74) is 1.03. The second-order valence-electron chi connectivity index (χ2n) is 3.12. The number of hydrogen-bond donors (Lipinski definition) is 0. The molecule has 2 nitrogen and oxygen atoms in total. The molecule has 0 atom stereocenters. The largest absolute Gasteiger partial charge is 0.466 e. The van der Waals surface area contributed by atoms with E-state index >= 15 is 0 Å². The molecule has 0 fully saturated rings. The summed E-state index contributed by atoms with van der Waals surface area (Å²) in [5.74, 6) is 0.442. The van der Waals surface area contributed by atoms with Gasteiger partial charge in [0.2, 0.25) is 0 Å². The van der Waals surface area contributed by atoms with Gasteiger partial charge in [-0.15, -0.1) is 0 Å². The molecule has 0 spiro atoms. The smallest absolute Gasteiger partial charge is 0.411 e. The summed E-state index contributed by atoms with van der Waals surface area (Å²) in [6, 6.07) is 5.28. The first kappa shape index (κ1) is 14.8. The third kappa shape index (κ3) is 5.74. The van der Waals surface area contributed by atoms with E-state index in [1.165, 1.54) is 0 Å². The van der Waals surface area contributed by atoms with Gasteiger partial charge in [0.1, 0.15) is 12.4 Å². The molecule has 17 heavy (non-hydrogen) atoms. The van der Waals surface area contributed by atoms with E-state index in [0.717, 1.165) is 5.56 Å². The first-order valence-corrected chi connectivity index (χ1v) is 6.45. The van der Waals surface area contributed by atoms with Crippen LogP contribution in [0.3, 0.4) is 0 Å². The van der Waals surface area contributed by atoms with E-state index in [2.05, 4.69) is 36.6 Å². The molecule has 0 aliphatic rings. The van der Waals surface area contributed by atoms with E-state index in [-0.39, 0.29) is 0 Å². The fourth-order valence-corrected chi connectivity index (χ4v) is 1.90. The summed E-state index contributed by atoms with van der Waals surface area (Å²) in [7, 11) is 0. The molecule has 0 aliphatic carbocycles. The molecule has 0 saturated carbocycles. The summed E-state index contributed by atoms with van der Waals surface area (Å²) >= 11 is 6.55. The molecule has 0 unspecified atom stereocenters. The van der Waals surface area contributed by atoms with E-state index < -0.39 is 19.6 Å². The Bertz CT molecular complexity index is 369. The Morgan fingerprint density at radius 3 is 2.47 bits per heavy atom. The van der Waals surface area contributed by atoms with Gasteiger partial charge in [-0.25, -0.2) is 0 Å². The molecule has 0 heterocycles. The molecule has 7 heteroatoms. The van der Waals surface area contributed by atoms with Crippen molar-refractivity contribution in [2.75, 3.05) is 13.4 Å². The molecule has 0 aromatic heterocycles. The maximum Gasteiger partial charge on any atom is 0.411 e. The van der Waals surface area contributed by atoms with E-state index in [1.807, 2.05) is 6.07 Å². The van der Waals surface area contributed by atoms with Crippen molar-refractivity contribution in [2.45, 2.75) is 11.5 Å². The number of halogens is 5. The minimum atomic E-state index is -4.33. The van der Waals surface area contributed by atoms with E-state index in [0.29, 0.717) is 15.6 Å². The summed E-state index contributed by atoms with van der Waals surface area (Å²) < 4.78 is 45.3. The van der Waals surface area contributed by atoms with Gasteiger partial charge in [0.25, 0.3) is 0 Å². The van der Waals surface area contributed by atoms with Gasteiger partial charge in [-0.05, 0) is 33.6 Å². The molecule has 0 aliphatic heterocycles. The van der Waals surface area contributed by atoms with Crippen molar-refractivity contribution in [3.63, 3.8) is 0 Å². The molecular weight excluding hydrogens is 369 g/mol. The first-order chi connectivity index (χ1) is 7.92. The average Bonchev–Trinajstić information content (AvgIpc) is 2.24. The van der Waals surface area contributed by atoms with Crippen molar-refractivity contribution in [3.8, 4) is 5.75 Å². The second-order valence-corrected chi connectivity index (χ2v) is 4.54. The van der Waals surface area contributed by atoms with Crippen LogP contribution in [-0.4, -0.2) is 19.6 Å². The van der Waals surface area contributed by atoms with Crippen LogP contribution in [0.5, 0.6) is 5.75 Å². The Hall–Kier alpha value is -0.270. The maximum absolute atomic E-state index is 11.8. The summed E-state index contributed by atoms with van der Waals surface area (Å²) in [6.07, 6.45) is -4.33. The Labute approximate surface area is 113 Å². The number of hydrogen-bond acceptors (Lipinski definition) is 2. The second kappa shape index (κ2) is 6.61. The van der Waals surface area contributed by atoms with Crippen LogP contribution in [0.15, 0.2) is 22.7 Å². The van der Waals surface area contributed by atoms with Gasteiger partial charge in [-0.1, -0.05) is 22.0 Å². The minimum Gasteiger partial charge on any atom is -0.466 e. The van der Waals surface area contributed by atoms with Crippen molar-refractivity contribution >= 4 is 31.9 Å². The average molecular weight is 378 g/mol. The zero-order valence-corrected chi connectivity index (χ0v) is 11.7. The maximum atomic E-state index is 11.8. The molecule has 0 radical (unpaired) electrons. The quantitative estimate of drug-likeness (QED) is 0.433. The number of rotatable bonds is 5. The molecule has 0 amide bonds. The van der Waals surface area contributed by atoms with Gasteiger partial charge in [-0.2, -0.15) is 13.2 Å². The van der Waals surface area contributed by atoms with Crippen molar-refractivity contribution in [1.82, 2.24) is 0 Å². The third-order valence-electron chi connectivity index (χ3n) is 1.71. The topological polar surface area (TPSA) is 18.5 Å². The van der Waals surface area contributed by atoms with Gasteiger partial charge in [0.15, 0.2) is 6.79 Å². The molecule has 0 bridgehead atoms. The minimum absolute atomic E-state index is 0.439. The lowest BCUT2D eigenvalue weighted by Gasteiger charge is -2.10. The van der Waals surface area contributed by atoms with Crippen molar-refractivity contribution in [1.29, 1.82) is 0 Å². The SMILES string of the molecule is FC(F)(F)COCOc1ccc(CBr)cc1Br. The highest BCUT2D eigenvalue weighted by Crippen LogP contribution is 2.27. The molecule has 1 aromatic rings. The van der Waals surface area contributed by atoms with Crippen LogP contribution in [0.1, 0.15) is 5.56 Å². The van der Waals surface area contributed by atoms with Crippen molar-refractivity contribution < 1.29 is 22.6 Å². The van der Waals surface area contributed by atoms with Gasteiger partial charge in [-0.3, -0.25) is 0 Å². The Kier molecular flexibility index (Phi) is 5.75. The van der Waals surface area contributed by atoms with Crippen LogP contribution >= 0.6 is 31.9 Å². The van der Waals surface area contributed by atoms with Crippen molar-refractivity contribution in [3.05, 3.63) is 28.2 Å². The molecule has 1 aromatic carbocycles. The van der Waals surface area contributed by atoms with E-state index in [9.17, 15) is 13.2 Å². The van der Waals surface area contributed by atoms with Crippen LogP contribution in [-0.2, 0) is 10.1 Å². The molecular formula is C10H9Br2F3O2. The lowest BCUT2D eigenvalue weighted by Crippen LogP contribution is -2.19. The zero-order valence-electron chi connectivity index (χ0n) is 8.56. The normalized spacial score (nSPS) is 11.6. The summed E-state index contributed by atoms with van der Waals surface area (Å²) in [4.78, 5) is 0. The van der Waals surface area contributed by atoms with Crippen LogP contribution in [0, 0.1) is 0 Å². The Morgan fingerprint density at radius 1 is 1.24 bits per heavy atom. The van der Waals surface area contributed by atoms with Gasteiger partial charge < -0.3 is 9.47 Å². The lowest BCUT2D eigenvalue weighted by atomic mass is 10.2. The number of alkyl halides is 4. The van der Waals surface area contributed by atoms with E-state index in [1.54, 1.807) is 12.1 Å². The highest BCUT2D eigenvalue weighted by molar-refractivity contribution is 9.10. The molecule has 0 N–H and O–H groups in total. The molecule has 0 saturated heterocycles. The van der Waals surface area contributed by atoms with Crippen LogP contribution in [0.4, 0.5) is 13.2 Å². The van der Waals surface area contributed by atoms with Gasteiger partial charge >= 0.3 is 6.18 Å². The number of ether oxygens (including phenoxy) is 2. The van der Waals surface area contributed by atoms with Crippen molar-refractivity contribution in [2.24, 2.45) is 0 Å². The van der Waals surface area contributed by atoms with Gasteiger partial charge in [0.05, 0.1) is 4.47 Å². The fraction of sp³-hybridized carbons (Fsp3) is 0.400. The lowest BCUT2D eigenvalue weighted by molar-refractivity contribution is -0.186. The van der Waals surface area contributed by atoms with Crippen LogP contribution in [0.2, 0.25) is 0 Å². The highest BCUT2D eigenvalue weighted by atomic mass is 79.9. The molecule has 1 rings (SSSR count). The number of benzene rings is 1. The predicted octanol–water partition coefficient (Wildman–Crippen LogP) is 4.26. The van der Waals surface area contributed by atoms with Crippen LogP contribution in [0.25, 0.3) is 0 Å². The Balaban J connectivity index is 2.42. The monoisotopic (exact) mass is 376 g/mol. The van der Waals surface area contributed by atoms with E-state index in [4.69, 9.17) is 4.74 Å². The zero-order chi connectivity index (χ0) is 12.9. The first-order valence-electron chi connectivity index (χ1n) is 4.54. The molecule has 96 valence electrons. The van der Waals surface area contributed by atoms with Gasteiger partial charge in [0, 0.05) is 5.33 Å². The third-order valence-corrected chi connectivity index (χ3v) is 2.98. The highest BCUT2D eigenvalue weighted by Gasteiger charge is 2.27. The Morgan fingerprint density at radius 2 is 1.94 bits per heavy atom. The predicted molar refractivity (Wildman–Crippen MR) is 64.3 cm³/mol. The fourth-order valence-electron chi connectivity index (χ4n) is 1.01. The standard InChI is InChI=1S/C10H9Br2F3O2/c11-4-7-1-2-9(8(12)3-7)17-6-16-5-10(13,14)15/h1-3H,4-6H2. The van der Waals surface area contributed by atoms with Crippen LogP contribution < -0.4 is 4.74 Å².